The number of benzene rings is 2. The number of carbonyl (C=O) groups excluding carboxylic acids is 2. The van der Waals surface area contributed by atoms with Crippen molar-refractivity contribution in [3.05, 3.63) is 73.7 Å². The molecule has 0 aliphatic rings. The van der Waals surface area contributed by atoms with Crippen molar-refractivity contribution in [2.45, 2.75) is 50.4 Å². The average Bonchev–Trinajstić information content (AvgIpc) is 2.79. The van der Waals surface area contributed by atoms with Crippen LogP contribution in [0.3, 0.4) is 0 Å². The number of rotatable bonds is 8. The van der Waals surface area contributed by atoms with Gasteiger partial charge in [-0.2, -0.15) is 39.5 Å². The number of amides is 2. The minimum Gasteiger partial charge on any atom is -0.336 e. The Hall–Kier alpha value is -2.64. The molecule has 2 aromatic carbocycles. The molecule has 16 heteroatoms. The first-order valence-electron chi connectivity index (χ1n) is 11.0. The summed E-state index contributed by atoms with van der Waals surface area (Å²) >= 11 is 17.4. The molecule has 0 aromatic heterocycles. The van der Waals surface area contributed by atoms with Crippen LogP contribution in [0, 0.1) is 0 Å². The van der Waals surface area contributed by atoms with Gasteiger partial charge in [0.15, 0.2) is 0 Å². The molecule has 40 heavy (non-hydrogen) atoms. The maximum Gasteiger partial charge on any atom is 0.417 e. The Balaban J connectivity index is 2.31. The topological polar surface area (TPSA) is 58.2 Å². The number of allylic oxidation sites excluding steroid dienone is 1. The third kappa shape index (κ3) is 9.77. The Labute approximate surface area is 236 Å². The molecule has 2 aromatic rings. The van der Waals surface area contributed by atoms with Crippen LogP contribution in [0.5, 0.6) is 0 Å². The van der Waals surface area contributed by atoms with E-state index in [0.29, 0.717) is 18.2 Å². The predicted molar refractivity (Wildman–Crippen MR) is 131 cm³/mol. The van der Waals surface area contributed by atoms with Crippen LogP contribution in [-0.2, 0) is 11.0 Å². The summed E-state index contributed by atoms with van der Waals surface area (Å²) in [6.07, 6.45) is -17.1. The lowest BCUT2D eigenvalue weighted by Gasteiger charge is -2.19. The van der Waals surface area contributed by atoms with Crippen molar-refractivity contribution < 1.29 is 49.1 Å². The van der Waals surface area contributed by atoms with E-state index in [1.807, 2.05) is 10.6 Å². The molecule has 0 aliphatic carbocycles. The summed E-state index contributed by atoms with van der Waals surface area (Å²) in [5.74, 6) is -4.78. The van der Waals surface area contributed by atoms with Crippen LogP contribution in [0.25, 0.3) is 6.08 Å². The molecule has 2 amide bonds. The molecule has 0 saturated heterocycles. The summed E-state index contributed by atoms with van der Waals surface area (Å²) in [6.45, 7) is 1.11. The summed E-state index contributed by atoms with van der Waals surface area (Å²) < 4.78 is 119. The van der Waals surface area contributed by atoms with Crippen LogP contribution in [0.15, 0.2) is 36.4 Å². The second-order valence-corrected chi connectivity index (χ2v) is 9.55. The molecule has 0 radical (unpaired) electrons. The molecule has 2 atom stereocenters. The molecule has 0 saturated carbocycles. The lowest BCUT2D eigenvalue weighted by Crippen LogP contribution is -2.46. The number of hydrogen-bond acceptors (Lipinski definition) is 2. The average molecular weight is 644 g/mol. The van der Waals surface area contributed by atoms with E-state index in [0.717, 1.165) is 31.2 Å². The molecule has 2 rings (SSSR count). The first-order valence-corrected chi connectivity index (χ1v) is 12.1. The number of hydrogen-bond donors (Lipinski definition) is 2. The highest BCUT2D eigenvalue weighted by Gasteiger charge is 2.40. The quantitative estimate of drug-likeness (QED) is 0.172. The standard InChI is InChI=1S/C24H18Cl3F9N2O2/c1-11(37-19(39)6-7-22(28,29)30)38-21(40)14-4-2-12(8-16(14)24(34,35)36)3-5-15(23(31,32)33)13-9-17(25)20(27)18(26)10-13/h2-5,8-11,15H,6-7H2,1H3,(H,37,39)(H,38,40)/t11-,15?/m1/s1. The van der Waals surface area contributed by atoms with E-state index in [-0.39, 0.29) is 20.6 Å². The lowest BCUT2D eigenvalue weighted by molar-refractivity contribution is -0.144. The highest BCUT2D eigenvalue weighted by molar-refractivity contribution is 6.48. The molecular weight excluding hydrogens is 626 g/mol. The van der Waals surface area contributed by atoms with Crippen molar-refractivity contribution in [2.24, 2.45) is 0 Å². The van der Waals surface area contributed by atoms with E-state index in [9.17, 15) is 49.1 Å². The highest BCUT2D eigenvalue weighted by Crippen LogP contribution is 2.41. The van der Waals surface area contributed by atoms with Gasteiger partial charge in [-0.25, -0.2) is 0 Å². The molecule has 1 unspecified atom stereocenters. The van der Waals surface area contributed by atoms with Crippen molar-refractivity contribution in [2.75, 3.05) is 0 Å². The van der Waals surface area contributed by atoms with Gasteiger partial charge >= 0.3 is 18.5 Å². The van der Waals surface area contributed by atoms with Crippen molar-refractivity contribution in [1.82, 2.24) is 10.6 Å². The minimum atomic E-state index is -5.13. The van der Waals surface area contributed by atoms with Gasteiger partial charge in [0.2, 0.25) is 5.91 Å². The maximum absolute atomic E-state index is 13.7. The third-order valence-electron chi connectivity index (χ3n) is 5.15. The van der Waals surface area contributed by atoms with E-state index < -0.39 is 72.0 Å². The fourth-order valence-corrected chi connectivity index (χ4v) is 3.96. The van der Waals surface area contributed by atoms with E-state index in [2.05, 4.69) is 0 Å². The predicted octanol–water partition coefficient (Wildman–Crippen LogP) is 8.56. The molecule has 0 bridgehead atoms. The summed E-state index contributed by atoms with van der Waals surface area (Å²) in [6, 6.07) is 3.91. The summed E-state index contributed by atoms with van der Waals surface area (Å²) in [4.78, 5) is 24.1. The van der Waals surface area contributed by atoms with Crippen molar-refractivity contribution in [1.29, 1.82) is 0 Å². The van der Waals surface area contributed by atoms with Crippen molar-refractivity contribution >= 4 is 52.7 Å². The number of alkyl halides is 9. The van der Waals surface area contributed by atoms with Gasteiger partial charge in [-0.15, -0.1) is 0 Å². The largest absolute Gasteiger partial charge is 0.417 e. The zero-order chi connectivity index (χ0) is 30.6. The second kappa shape index (κ2) is 12.9. The van der Waals surface area contributed by atoms with Crippen LogP contribution in [0.4, 0.5) is 39.5 Å². The molecule has 0 spiro atoms. The third-order valence-corrected chi connectivity index (χ3v) is 6.35. The first kappa shape index (κ1) is 33.6. The van der Waals surface area contributed by atoms with Gasteiger partial charge in [-0.05, 0) is 42.3 Å². The first-order chi connectivity index (χ1) is 18.2. The Kier molecular flexibility index (Phi) is 10.8. The fourth-order valence-electron chi connectivity index (χ4n) is 3.35. The van der Waals surface area contributed by atoms with E-state index in [4.69, 9.17) is 34.8 Å². The highest BCUT2D eigenvalue weighted by atomic mass is 35.5. The Morgan fingerprint density at radius 3 is 1.98 bits per heavy atom. The van der Waals surface area contributed by atoms with Gasteiger partial charge in [-0.3, -0.25) is 9.59 Å². The van der Waals surface area contributed by atoms with Crippen LogP contribution in [-0.4, -0.2) is 30.3 Å². The molecule has 0 heterocycles. The lowest BCUT2D eigenvalue weighted by atomic mass is 9.96. The van der Waals surface area contributed by atoms with Crippen molar-refractivity contribution in [3.8, 4) is 0 Å². The molecule has 2 N–H and O–H groups in total. The monoisotopic (exact) mass is 642 g/mol. The molecule has 0 fully saturated rings. The van der Waals surface area contributed by atoms with E-state index in [1.54, 1.807) is 0 Å². The Morgan fingerprint density at radius 1 is 0.900 bits per heavy atom. The Morgan fingerprint density at radius 2 is 1.48 bits per heavy atom. The smallest absolute Gasteiger partial charge is 0.336 e. The van der Waals surface area contributed by atoms with Gasteiger partial charge in [0.05, 0.1) is 44.7 Å². The van der Waals surface area contributed by atoms with Crippen molar-refractivity contribution in [3.63, 3.8) is 0 Å². The van der Waals surface area contributed by atoms with Crippen LogP contribution in [0.2, 0.25) is 15.1 Å². The second-order valence-electron chi connectivity index (χ2n) is 8.36. The van der Waals surface area contributed by atoms with Gasteiger partial charge in [0, 0.05) is 6.42 Å². The van der Waals surface area contributed by atoms with E-state index in [1.165, 1.54) is 0 Å². The SMILES string of the molecule is C[C@H](NC(=O)CCC(F)(F)F)NC(=O)c1ccc(C=CC(c2cc(Cl)c(Cl)c(Cl)c2)C(F)(F)F)cc1C(F)(F)F. The summed E-state index contributed by atoms with van der Waals surface area (Å²) in [7, 11) is 0. The van der Waals surface area contributed by atoms with Gasteiger partial charge in [0.25, 0.3) is 5.91 Å². The minimum absolute atomic E-state index is 0.184. The zero-order valence-electron chi connectivity index (χ0n) is 20.0. The normalized spacial score (nSPS) is 14.2. The fraction of sp³-hybridized carbons (Fsp3) is 0.333. The van der Waals surface area contributed by atoms with Gasteiger partial charge in [-0.1, -0.05) is 53.0 Å². The maximum atomic E-state index is 13.7. The summed E-state index contributed by atoms with van der Waals surface area (Å²) in [5.41, 5.74) is -3.23. The van der Waals surface area contributed by atoms with Crippen LogP contribution >= 0.6 is 34.8 Å². The van der Waals surface area contributed by atoms with Crippen LogP contribution in [0.1, 0.15) is 52.7 Å². The number of nitrogens with one attached hydrogen (secondary N) is 2. The summed E-state index contributed by atoms with van der Waals surface area (Å²) in [5, 5.41) is 3.28. The van der Waals surface area contributed by atoms with Crippen LogP contribution < -0.4 is 10.6 Å². The Bertz CT molecular complexity index is 1250. The van der Waals surface area contributed by atoms with E-state index >= 15 is 0 Å². The van der Waals surface area contributed by atoms with Gasteiger partial charge in [0.1, 0.15) is 0 Å². The number of carbonyl (C=O) groups is 2. The molecular formula is C24H18Cl3F9N2O2. The zero-order valence-corrected chi connectivity index (χ0v) is 22.2. The molecule has 220 valence electrons. The van der Waals surface area contributed by atoms with Gasteiger partial charge < -0.3 is 10.6 Å². The number of halogens is 12. The molecule has 0 aliphatic heterocycles. The molecule has 4 nitrogen and oxygen atoms in total.